The van der Waals surface area contributed by atoms with Crippen LogP contribution in [-0.4, -0.2) is 43.5 Å². The first kappa shape index (κ1) is 20.9. The molecule has 1 aliphatic heterocycles. The van der Waals surface area contributed by atoms with Gasteiger partial charge >= 0.3 is 0 Å². The highest BCUT2D eigenvalue weighted by Crippen LogP contribution is 2.26. The zero-order valence-corrected chi connectivity index (χ0v) is 17.1. The lowest BCUT2D eigenvalue weighted by molar-refractivity contribution is -0.127. The van der Waals surface area contributed by atoms with Gasteiger partial charge in [0.2, 0.25) is 11.8 Å². The van der Waals surface area contributed by atoms with Crippen LogP contribution < -0.4 is 15.4 Å². The number of amides is 2. The lowest BCUT2D eigenvalue weighted by Crippen LogP contribution is -2.35. The van der Waals surface area contributed by atoms with Crippen LogP contribution in [0.5, 0.6) is 5.75 Å². The molecule has 0 spiro atoms. The zero-order chi connectivity index (χ0) is 20.6. The highest BCUT2D eigenvalue weighted by Gasteiger charge is 2.22. The Morgan fingerprint density at radius 2 is 2.00 bits per heavy atom. The number of anilines is 1. The molecule has 0 bridgehead atoms. The van der Waals surface area contributed by atoms with Gasteiger partial charge in [-0.15, -0.1) is 0 Å². The van der Waals surface area contributed by atoms with Gasteiger partial charge in [-0.25, -0.2) is 0 Å². The Labute approximate surface area is 172 Å². The quantitative estimate of drug-likeness (QED) is 0.639. The van der Waals surface area contributed by atoms with E-state index in [4.69, 9.17) is 4.74 Å². The minimum absolute atomic E-state index is 0.141. The van der Waals surface area contributed by atoms with Gasteiger partial charge in [-0.05, 0) is 49.6 Å². The summed E-state index contributed by atoms with van der Waals surface area (Å²) in [5.41, 5.74) is 2.59. The summed E-state index contributed by atoms with van der Waals surface area (Å²) in [4.78, 5) is 26.8. The molecule has 0 saturated carbocycles. The van der Waals surface area contributed by atoms with Crippen molar-refractivity contribution in [3.63, 3.8) is 0 Å². The molecule has 1 atom stereocenters. The third-order valence-corrected chi connectivity index (χ3v) is 5.13. The van der Waals surface area contributed by atoms with Crippen molar-refractivity contribution in [2.24, 2.45) is 0 Å². The summed E-state index contributed by atoms with van der Waals surface area (Å²) in [5.74, 6) is 0.717. The number of nitrogens with one attached hydrogen (secondary N) is 2. The van der Waals surface area contributed by atoms with Crippen molar-refractivity contribution in [1.29, 1.82) is 0 Å². The van der Waals surface area contributed by atoms with Crippen molar-refractivity contribution < 1.29 is 14.3 Å². The standard InChI is InChI=1S/C23H29N3O3/c1-17-11-12-20(29-2)19(16-17)25-23(28)22(18-8-4-3-5-9-18)24-13-7-15-26-14-6-10-21(26)27/h3-5,8-9,11-12,16,22,24H,6-7,10,13-15H2,1-2H3,(H,25,28)/t22-/m0/s1. The molecular weight excluding hydrogens is 366 g/mol. The smallest absolute Gasteiger partial charge is 0.246 e. The number of carbonyl (C=O) groups excluding carboxylic acids is 2. The lowest BCUT2D eigenvalue weighted by atomic mass is 10.1. The van der Waals surface area contributed by atoms with Crippen LogP contribution in [0.2, 0.25) is 0 Å². The summed E-state index contributed by atoms with van der Waals surface area (Å²) in [7, 11) is 1.59. The van der Waals surface area contributed by atoms with Crippen molar-refractivity contribution in [3.8, 4) is 5.75 Å². The summed E-state index contributed by atoms with van der Waals surface area (Å²) in [5, 5.41) is 6.36. The van der Waals surface area contributed by atoms with Gasteiger partial charge in [0.05, 0.1) is 12.8 Å². The number of hydrogen-bond donors (Lipinski definition) is 2. The lowest BCUT2D eigenvalue weighted by Gasteiger charge is -2.21. The summed E-state index contributed by atoms with van der Waals surface area (Å²) in [6, 6.07) is 14.9. The zero-order valence-electron chi connectivity index (χ0n) is 17.1. The maximum atomic E-state index is 13.1. The molecule has 29 heavy (non-hydrogen) atoms. The molecule has 6 heteroatoms. The van der Waals surface area contributed by atoms with Crippen LogP contribution in [-0.2, 0) is 9.59 Å². The Bertz CT molecular complexity index is 839. The first-order valence-electron chi connectivity index (χ1n) is 10.1. The van der Waals surface area contributed by atoms with E-state index in [9.17, 15) is 9.59 Å². The number of benzene rings is 2. The molecule has 0 aliphatic carbocycles. The maximum Gasteiger partial charge on any atom is 0.246 e. The number of carbonyl (C=O) groups is 2. The minimum atomic E-state index is -0.490. The Morgan fingerprint density at radius 3 is 2.69 bits per heavy atom. The van der Waals surface area contributed by atoms with Gasteiger partial charge < -0.3 is 20.3 Å². The van der Waals surface area contributed by atoms with Crippen LogP contribution in [0.25, 0.3) is 0 Å². The van der Waals surface area contributed by atoms with Crippen molar-refractivity contribution in [3.05, 3.63) is 59.7 Å². The van der Waals surface area contributed by atoms with Gasteiger partial charge in [0.1, 0.15) is 11.8 Å². The highest BCUT2D eigenvalue weighted by molar-refractivity contribution is 5.96. The molecule has 1 saturated heterocycles. The number of nitrogens with zero attached hydrogens (tertiary/aromatic N) is 1. The van der Waals surface area contributed by atoms with Crippen molar-refractivity contribution in [2.45, 2.75) is 32.2 Å². The normalized spacial score (nSPS) is 14.7. The number of likely N-dealkylation sites (tertiary alicyclic amines) is 1. The molecule has 1 heterocycles. The SMILES string of the molecule is COc1ccc(C)cc1NC(=O)[C@@H](NCCCN1CCCC1=O)c1ccccc1. The van der Waals surface area contributed by atoms with E-state index < -0.39 is 6.04 Å². The molecule has 6 nitrogen and oxygen atoms in total. The molecule has 0 aromatic heterocycles. The topological polar surface area (TPSA) is 70.7 Å². The average molecular weight is 396 g/mol. The monoisotopic (exact) mass is 395 g/mol. The Balaban J connectivity index is 1.66. The molecule has 2 N–H and O–H groups in total. The first-order valence-corrected chi connectivity index (χ1v) is 10.1. The van der Waals surface area contributed by atoms with Gasteiger partial charge in [-0.2, -0.15) is 0 Å². The number of hydrogen-bond acceptors (Lipinski definition) is 4. The van der Waals surface area contributed by atoms with Crippen molar-refractivity contribution in [1.82, 2.24) is 10.2 Å². The Morgan fingerprint density at radius 1 is 1.21 bits per heavy atom. The van der Waals surface area contributed by atoms with Crippen LogP contribution in [0.1, 0.15) is 36.4 Å². The number of ether oxygens (including phenoxy) is 1. The van der Waals surface area contributed by atoms with E-state index in [0.29, 0.717) is 24.4 Å². The number of rotatable bonds is 9. The van der Waals surface area contributed by atoms with Gasteiger partial charge in [0.25, 0.3) is 0 Å². The molecule has 0 unspecified atom stereocenters. The predicted octanol–water partition coefficient (Wildman–Crippen LogP) is 3.29. The molecule has 0 radical (unpaired) electrons. The Hall–Kier alpha value is -2.86. The third-order valence-electron chi connectivity index (χ3n) is 5.13. The van der Waals surface area contributed by atoms with Gasteiger partial charge in [0.15, 0.2) is 0 Å². The molecule has 154 valence electrons. The molecule has 2 amide bonds. The summed E-state index contributed by atoms with van der Waals surface area (Å²) >= 11 is 0. The van der Waals surface area contributed by atoms with Crippen LogP contribution in [0, 0.1) is 6.92 Å². The summed E-state index contributed by atoms with van der Waals surface area (Å²) in [6.07, 6.45) is 2.40. The van der Waals surface area contributed by atoms with E-state index >= 15 is 0 Å². The second kappa shape index (κ2) is 10.1. The second-order valence-electron chi connectivity index (χ2n) is 7.33. The van der Waals surface area contributed by atoms with Crippen LogP contribution in [0.15, 0.2) is 48.5 Å². The van der Waals surface area contributed by atoms with E-state index in [1.807, 2.05) is 60.4 Å². The van der Waals surface area contributed by atoms with Crippen LogP contribution in [0.3, 0.4) is 0 Å². The van der Waals surface area contributed by atoms with Gasteiger partial charge in [-0.1, -0.05) is 36.4 Å². The van der Waals surface area contributed by atoms with E-state index in [-0.39, 0.29) is 11.8 Å². The summed E-state index contributed by atoms with van der Waals surface area (Å²) in [6.45, 7) is 4.18. The fraction of sp³-hybridized carbons (Fsp3) is 0.391. The average Bonchev–Trinajstić information content (AvgIpc) is 3.13. The number of methoxy groups -OCH3 is 1. The van der Waals surface area contributed by atoms with E-state index in [1.165, 1.54) is 0 Å². The highest BCUT2D eigenvalue weighted by atomic mass is 16.5. The molecule has 1 aliphatic rings. The maximum absolute atomic E-state index is 13.1. The Kier molecular flexibility index (Phi) is 7.25. The molecule has 2 aromatic carbocycles. The van der Waals surface area contributed by atoms with Crippen LogP contribution in [0.4, 0.5) is 5.69 Å². The van der Waals surface area contributed by atoms with Crippen molar-refractivity contribution >= 4 is 17.5 Å². The number of aryl methyl sites for hydroxylation is 1. The van der Waals surface area contributed by atoms with E-state index in [1.54, 1.807) is 7.11 Å². The molecular formula is C23H29N3O3. The molecule has 2 aromatic rings. The predicted molar refractivity (Wildman–Crippen MR) is 114 cm³/mol. The first-order chi connectivity index (χ1) is 14.1. The minimum Gasteiger partial charge on any atom is -0.495 e. The van der Waals surface area contributed by atoms with Gasteiger partial charge in [0, 0.05) is 19.5 Å². The fourth-order valence-corrected chi connectivity index (χ4v) is 3.59. The largest absolute Gasteiger partial charge is 0.495 e. The van der Waals surface area contributed by atoms with E-state index in [2.05, 4.69) is 10.6 Å². The summed E-state index contributed by atoms with van der Waals surface area (Å²) < 4.78 is 5.38. The molecule has 1 fully saturated rings. The van der Waals surface area contributed by atoms with Crippen LogP contribution >= 0.6 is 0 Å². The van der Waals surface area contributed by atoms with Gasteiger partial charge in [-0.3, -0.25) is 9.59 Å². The van der Waals surface area contributed by atoms with Crippen molar-refractivity contribution in [2.75, 3.05) is 32.1 Å². The third kappa shape index (κ3) is 5.57. The van der Waals surface area contributed by atoms with E-state index in [0.717, 1.165) is 37.1 Å². The second-order valence-corrected chi connectivity index (χ2v) is 7.33. The fourth-order valence-electron chi connectivity index (χ4n) is 3.59. The molecule has 3 rings (SSSR count).